The van der Waals surface area contributed by atoms with E-state index in [0.29, 0.717) is 17.4 Å². The van der Waals surface area contributed by atoms with Gasteiger partial charge in [0, 0.05) is 38.8 Å². The number of benzene rings is 2. The highest BCUT2D eigenvalue weighted by Gasteiger charge is 2.23. The third kappa shape index (κ3) is 6.34. The Balaban J connectivity index is 0.00000304. The van der Waals surface area contributed by atoms with Crippen LogP contribution in [0.3, 0.4) is 0 Å². The molecule has 1 aliphatic heterocycles. The van der Waals surface area contributed by atoms with Crippen molar-refractivity contribution in [2.24, 2.45) is 0 Å². The quantitative estimate of drug-likeness (QED) is 0.386. The van der Waals surface area contributed by atoms with E-state index in [1.165, 1.54) is 23.6 Å². The summed E-state index contributed by atoms with van der Waals surface area (Å²) in [5.41, 5.74) is 1.46. The molecule has 9 heteroatoms. The van der Waals surface area contributed by atoms with E-state index < -0.39 is 0 Å². The summed E-state index contributed by atoms with van der Waals surface area (Å²) in [7, 11) is 0. The number of nitrogens with zero attached hydrogens (tertiary/aromatic N) is 5. The van der Waals surface area contributed by atoms with E-state index in [1.54, 1.807) is 18.2 Å². The number of piperazine rings is 1. The number of aryl methyl sites for hydroxylation is 1. The normalized spacial score (nSPS) is 16.9. The van der Waals surface area contributed by atoms with Crippen LogP contribution in [-0.4, -0.2) is 58.7 Å². The van der Waals surface area contributed by atoms with Crippen molar-refractivity contribution in [1.82, 2.24) is 19.9 Å². The Morgan fingerprint density at radius 1 is 0.944 bits per heavy atom. The highest BCUT2D eigenvalue weighted by molar-refractivity contribution is 5.85. The SMILES string of the molecule is Cl.O=c1c2ccccc2nnn1CCCCCN1CCN(c2cc(F)ccc2OC2CCCC2)CC1. The van der Waals surface area contributed by atoms with Gasteiger partial charge in [-0.3, -0.25) is 9.69 Å². The average molecular weight is 516 g/mol. The van der Waals surface area contributed by atoms with Gasteiger partial charge >= 0.3 is 0 Å². The molecule has 0 bridgehead atoms. The van der Waals surface area contributed by atoms with Gasteiger partial charge in [0.1, 0.15) is 17.1 Å². The van der Waals surface area contributed by atoms with Crippen LogP contribution in [0.2, 0.25) is 0 Å². The Hall–Kier alpha value is -2.71. The van der Waals surface area contributed by atoms with Crippen molar-refractivity contribution < 1.29 is 9.13 Å². The fourth-order valence-electron chi connectivity index (χ4n) is 5.18. The molecule has 2 aromatic carbocycles. The first-order valence-corrected chi connectivity index (χ1v) is 12.9. The van der Waals surface area contributed by atoms with Crippen LogP contribution in [0.4, 0.5) is 10.1 Å². The number of hydrogen-bond donors (Lipinski definition) is 0. The van der Waals surface area contributed by atoms with Gasteiger partial charge in [-0.15, -0.1) is 17.5 Å². The minimum atomic E-state index is -0.212. The molecule has 0 radical (unpaired) electrons. The Morgan fingerprint density at radius 2 is 1.69 bits per heavy atom. The summed E-state index contributed by atoms with van der Waals surface area (Å²) in [5, 5.41) is 8.85. The monoisotopic (exact) mass is 515 g/mol. The summed E-state index contributed by atoms with van der Waals surface area (Å²) in [6, 6.07) is 12.2. The molecule has 0 amide bonds. The van der Waals surface area contributed by atoms with Gasteiger partial charge in [0.05, 0.1) is 17.2 Å². The largest absolute Gasteiger partial charge is 0.488 e. The number of halogens is 2. The molecule has 194 valence electrons. The van der Waals surface area contributed by atoms with Crippen LogP contribution in [0.15, 0.2) is 47.3 Å². The second-order valence-electron chi connectivity index (χ2n) is 9.66. The fourth-order valence-corrected chi connectivity index (χ4v) is 5.18. The summed E-state index contributed by atoms with van der Waals surface area (Å²) in [4.78, 5) is 17.3. The molecule has 36 heavy (non-hydrogen) atoms. The molecule has 0 spiro atoms. The maximum atomic E-state index is 14.0. The second kappa shape index (κ2) is 12.5. The number of ether oxygens (including phenoxy) is 1. The molecule has 5 rings (SSSR count). The predicted octanol–water partition coefficient (Wildman–Crippen LogP) is 4.67. The van der Waals surface area contributed by atoms with Gasteiger partial charge in [-0.1, -0.05) is 23.8 Å². The number of anilines is 1. The molecular weight excluding hydrogens is 481 g/mol. The number of unbranched alkanes of at least 4 members (excludes halogenated alkanes) is 2. The van der Waals surface area contributed by atoms with Crippen LogP contribution < -0.4 is 15.2 Å². The minimum Gasteiger partial charge on any atom is -0.488 e. The first kappa shape index (κ1) is 26.4. The second-order valence-corrected chi connectivity index (χ2v) is 9.66. The van der Waals surface area contributed by atoms with Crippen molar-refractivity contribution in [3.8, 4) is 5.75 Å². The lowest BCUT2D eigenvalue weighted by molar-refractivity contribution is 0.208. The molecule has 1 aliphatic carbocycles. The van der Waals surface area contributed by atoms with Gasteiger partial charge in [-0.2, -0.15) is 0 Å². The zero-order valence-electron chi connectivity index (χ0n) is 20.6. The van der Waals surface area contributed by atoms with Crippen LogP contribution >= 0.6 is 12.4 Å². The van der Waals surface area contributed by atoms with E-state index in [2.05, 4.69) is 20.1 Å². The molecule has 1 aromatic heterocycles. The first-order chi connectivity index (χ1) is 17.2. The number of aromatic nitrogens is 3. The molecule has 1 saturated carbocycles. The molecular formula is C27H35ClFN5O2. The summed E-state index contributed by atoms with van der Waals surface area (Å²) in [6.45, 7) is 5.26. The fraction of sp³-hybridized carbons (Fsp3) is 0.519. The third-order valence-electron chi connectivity index (χ3n) is 7.20. The van der Waals surface area contributed by atoms with Gasteiger partial charge in [-0.25, -0.2) is 9.07 Å². The van der Waals surface area contributed by atoms with Crippen molar-refractivity contribution in [3.05, 3.63) is 58.6 Å². The molecule has 1 saturated heterocycles. The highest BCUT2D eigenvalue weighted by atomic mass is 35.5. The third-order valence-corrected chi connectivity index (χ3v) is 7.20. The zero-order chi connectivity index (χ0) is 24.0. The first-order valence-electron chi connectivity index (χ1n) is 12.9. The van der Waals surface area contributed by atoms with Gasteiger partial charge in [-0.05, 0) is 69.3 Å². The van der Waals surface area contributed by atoms with Crippen molar-refractivity contribution in [3.63, 3.8) is 0 Å². The summed E-state index contributed by atoms with van der Waals surface area (Å²) < 4.78 is 21.8. The smallest absolute Gasteiger partial charge is 0.277 e. The predicted molar refractivity (Wildman–Crippen MR) is 143 cm³/mol. The van der Waals surface area contributed by atoms with E-state index >= 15 is 0 Å². The topological polar surface area (TPSA) is 63.5 Å². The molecule has 0 unspecified atom stereocenters. The molecule has 2 heterocycles. The maximum absolute atomic E-state index is 14.0. The molecule has 3 aromatic rings. The van der Waals surface area contributed by atoms with Gasteiger partial charge in [0.2, 0.25) is 0 Å². The van der Waals surface area contributed by atoms with Crippen LogP contribution in [0, 0.1) is 5.82 Å². The Kier molecular flexibility index (Phi) is 9.15. The average Bonchev–Trinajstić information content (AvgIpc) is 3.40. The lowest BCUT2D eigenvalue weighted by Crippen LogP contribution is -2.46. The summed E-state index contributed by atoms with van der Waals surface area (Å²) in [5.74, 6) is 0.607. The van der Waals surface area contributed by atoms with Crippen molar-refractivity contribution in [2.75, 3.05) is 37.6 Å². The number of hydrogen-bond acceptors (Lipinski definition) is 6. The lowest BCUT2D eigenvalue weighted by Gasteiger charge is -2.37. The molecule has 2 aliphatic rings. The van der Waals surface area contributed by atoms with Gasteiger partial charge in [0.15, 0.2) is 0 Å². The number of fused-ring (bicyclic) bond motifs is 1. The Bertz CT molecular complexity index is 1190. The minimum absolute atomic E-state index is 0. The van der Waals surface area contributed by atoms with E-state index in [-0.39, 0.29) is 29.9 Å². The molecule has 0 atom stereocenters. The lowest BCUT2D eigenvalue weighted by atomic mass is 10.2. The zero-order valence-corrected chi connectivity index (χ0v) is 21.5. The Morgan fingerprint density at radius 3 is 2.50 bits per heavy atom. The van der Waals surface area contributed by atoms with E-state index in [9.17, 15) is 9.18 Å². The van der Waals surface area contributed by atoms with Crippen LogP contribution in [0.1, 0.15) is 44.9 Å². The standard InChI is InChI=1S/C27H34FN5O2.ClH/c28-21-12-13-26(35-22-8-2-3-9-22)25(20-21)32-18-16-31(17-19-32)14-6-1-7-15-33-27(34)23-10-4-5-11-24(23)29-30-33;/h4-5,10-13,20,22H,1-3,6-9,14-19H2;1H. The van der Waals surface area contributed by atoms with Gasteiger partial charge in [0.25, 0.3) is 5.56 Å². The van der Waals surface area contributed by atoms with Crippen molar-refractivity contribution in [1.29, 1.82) is 0 Å². The van der Waals surface area contributed by atoms with Crippen LogP contribution in [0.25, 0.3) is 10.9 Å². The van der Waals surface area contributed by atoms with Crippen LogP contribution in [-0.2, 0) is 6.54 Å². The van der Waals surface area contributed by atoms with Crippen molar-refractivity contribution >= 4 is 29.0 Å². The van der Waals surface area contributed by atoms with E-state index in [1.807, 2.05) is 18.2 Å². The Labute approximate surface area is 217 Å². The van der Waals surface area contributed by atoms with Gasteiger partial charge < -0.3 is 9.64 Å². The highest BCUT2D eigenvalue weighted by Crippen LogP contribution is 2.33. The maximum Gasteiger partial charge on any atom is 0.277 e. The molecule has 2 fully saturated rings. The van der Waals surface area contributed by atoms with E-state index in [4.69, 9.17) is 4.74 Å². The summed E-state index contributed by atoms with van der Waals surface area (Å²) >= 11 is 0. The van der Waals surface area contributed by atoms with E-state index in [0.717, 1.165) is 76.3 Å². The van der Waals surface area contributed by atoms with Crippen LogP contribution in [0.5, 0.6) is 5.75 Å². The van der Waals surface area contributed by atoms with Crippen molar-refractivity contribution in [2.45, 2.75) is 57.6 Å². The summed E-state index contributed by atoms with van der Waals surface area (Å²) in [6.07, 6.45) is 7.88. The molecule has 7 nitrogen and oxygen atoms in total. The number of rotatable bonds is 9. The molecule has 0 N–H and O–H groups in total.